The molecule has 0 aliphatic rings. The van der Waals surface area contributed by atoms with Gasteiger partial charge in [0, 0.05) is 6.04 Å². The predicted octanol–water partition coefficient (Wildman–Crippen LogP) is 0.932. The van der Waals surface area contributed by atoms with Gasteiger partial charge in [0.1, 0.15) is 5.60 Å². The average molecular weight is 229 g/mol. The van der Waals surface area contributed by atoms with Crippen molar-refractivity contribution in [2.75, 3.05) is 0 Å². The maximum atomic E-state index is 11.6. The Morgan fingerprint density at radius 3 is 2.31 bits per heavy atom. The molecule has 0 rings (SSSR count). The molecule has 0 radical (unpaired) electrons. The first kappa shape index (κ1) is 14.6. The van der Waals surface area contributed by atoms with Crippen molar-refractivity contribution in [1.82, 2.24) is 0 Å². The fourth-order valence-corrected chi connectivity index (χ4v) is 1.15. The lowest BCUT2D eigenvalue weighted by molar-refractivity contribution is -0.167. The molecular weight excluding hydrogens is 210 g/mol. The average Bonchev–Trinajstić information content (AvgIpc) is 1.99. The summed E-state index contributed by atoms with van der Waals surface area (Å²) in [5, 5.41) is 8.92. The van der Waals surface area contributed by atoms with Gasteiger partial charge in [-0.3, -0.25) is 9.59 Å². The summed E-state index contributed by atoms with van der Waals surface area (Å²) in [4.78, 5) is 22.5. The van der Waals surface area contributed by atoms with E-state index in [1.54, 1.807) is 20.8 Å². The molecule has 0 aromatic rings. The van der Waals surface area contributed by atoms with E-state index in [1.807, 2.05) is 0 Å². The number of aliphatic carboxylic acids is 1. The van der Waals surface area contributed by atoms with Crippen molar-refractivity contribution in [3.05, 3.63) is 12.7 Å². The second-order valence-corrected chi connectivity index (χ2v) is 4.54. The molecule has 0 heterocycles. The quantitative estimate of drug-likeness (QED) is 0.416. The molecule has 0 amide bonds. The zero-order chi connectivity index (χ0) is 12.9. The van der Waals surface area contributed by atoms with Gasteiger partial charge >= 0.3 is 11.9 Å². The van der Waals surface area contributed by atoms with Crippen molar-refractivity contribution in [3.8, 4) is 0 Å². The summed E-state index contributed by atoms with van der Waals surface area (Å²) >= 11 is 0. The number of hydrogen-bond donors (Lipinski definition) is 2. The smallest absolute Gasteiger partial charge is 0.322 e. The predicted molar refractivity (Wildman–Crippen MR) is 59.8 cm³/mol. The highest BCUT2D eigenvalue weighted by atomic mass is 16.6. The minimum atomic E-state index is -1.35. The van der Waals surface area contributed by atoms with Crippen LogP contribution >= 0.6 is 0 Å². The monoisotopic (exact) mass is 229 g/mol. The molecule has 3 N–H and O–H groups in total. The Labute approximate surface area is 95.3 Å². The molecule has 0 aliphatic carbocycles. The topological polar surface area (TPSA) is 89.6 Å². The Bertz CT molecular complexity index is 280. The van der Waals surface area contributed by atoms with Gasteiger partial charge in [-0.2, -0.15) is 0 Å². The molecule has 1 unspecified atom stereocenters. The van der Waals surface area contributed by atoms with Gasteiger partial charge in [-0.1, -0.05) is 6.08 Å². The molecule has 0 bridgehead atoms. The Hall–Kier alpha value is -1.36. The van der Waals surface area contributed by atoms with Crippen LogP contribution in [-0.2, 0) is 14.3 Å². The first-order valence-corrected chi connectivity index (χ1v) is 5.01. The van der Waals surface area contributed by atoms with Gasteiger partial charge in [-0.25, -0.2) is 0 Å². The van der Waals surface area contributed by atoms with Gasteiger partial charge in [-0.15, -0.1) is 6.58 Å². The van der Waals surface area contributed by atoms with Crippen LogP contribution in [0.2, 0.25) is 0 Å². The van der Waals surface area contributed by atoms with Crippen LogP contribution in [0.15, 0.2) is 12.7 Å². The highest BCUT2D eigenvalue weighted by Gasteiger charge is 2.35. The third-order valence-electron chi connectivity index (χ3n) is 1.79. The van der Waals surface area contributed by atoms with Gasteiger partial charge < -0.3 is 15.6 Å². The van der Waals surface area contributed by atoms with E-state index in [4.69, 9.17) is 15.6 Å². The van der Waals surface area contributed by atoms with Crippen LogP contribution in [0.5, 0.6) is 0 Å². The lowest BCUT2D eigenvalue weighted by atomic mass is 9.97. The highest BCUT2D eigenvalue weighted by Crippen LogP contribution is 2.15. The lowest BCUT2D eigenvalue weighted by Gasteiger charge is -2.24. The van der Waals surface area contributed by atoms with E-state index in [9.17, 15) is 9.59 Å². The summed E-state index contributed by atoms with van der Waals surface area (Å²) in [6, 6.07) is -0.815. The van der Waals surface area contributed by atoms with E-state index in [1.165, 1.54) is 6.08 Å². The first-order valence-electron chi connectivity index (χ1n) is 5.01. The van der Waals surface area contributed by atoms with Crippen molar-refractivity contribution < 1.29 is 19.4 Å². The lowest BCUT2D eigenvalue weighted by Crippen LogP contribution is -2.43. The molecule has 5 heteroatoms. The number of carboxylic acid groups (broad SMARTS) is 1. The van der Waals surface area contributed by atoms with Crippen LogP contribution in [0.3, 0.4) is 0 Å². The first-order chi connectivity index (χ1) is 7.19. The molecule has 0 saturated heterocycles. The van der Waals surface area contributed by atoms with E-state index in [2.05, 4.69) is 6.58 Å². The standard InChI is InChI=1S/C11H19NO4/c1-5-6-7(12)8(9(13)14)10(15)16-11(2,3)4/h5,7-8H,1,6,12H2,2-4H3,(H,13,14)/t7?,8-/m1/s1. The van der Waals surface area contributed by atoms with E-state index < -0.39 is 29.5 Å². The fourth-order valence-electron chi connectivity index (χ4n) is 1.15. The number of nitrogens with two attached hydrogens (primary N) is 1. The van der Waals surface area contributed by atoms with E-state index in [0.717, 1.165) is 0 Å². The second-order valence-electron chi connectivity index (χ2n) is 4.54. The SMILES string of the molecule is C=CCC(N)[C@H](C(=O)O)C(=O)OC(C)(C)C. The van der Waals surface area contributed by atoms with E-state index in [0.29, 0.717) is 0 Å². The summed E-state index contributed by atoms with van der Waals surface area (Å²) in [5.74, 6) is -3.44. The zero-order valence-electron chi connectivity index (χ0n) is 9.90. The summed E-state index contributed by atoms with van der Waals surface area (Å²) in [7, 11) is 0. The fraction of sp³-hybridized carbons (Fsp3) is 0.636. The van der Waals surface area contributed by atoms with Crippen LogP contribution < -0.4 is 5.73 Å². The van der Waals surface area contributed by atoms with Crippen LogP contribution in [0.25, 0.3) is 0 Å². The molecule has 0 fully saturated rings. The third kappa shape index (κ3) is 4.93. The summed E-state index contributed by atoms with van der Waals surface area (Å²) < 4.78 is 4.99. The normalized spacial score (nSPS) is 15.0. The summed E-state index contributed by atoms with van der Waals surface area (Å²) in [6.45, 7) is 8.46. The molecule has 2 atom stereocenters. The van der Waals surface area contributed by atoms with Gasteiger partial charge in [-0.05, 0) is 27.2 Å². The minimum Gasteiger partial charge on any atom is -0.481 e. The van der Waals surface area contributed by atoms with E-state index >= 15 is 0 Å². The maximum absolute atomic E-state index is 11.6. The zero-order valence-corrected chi connectivity index (χ0v) is 9.90. The van der Waals surface area contributed by atoms with Gasteiger partial charge in [0.15, 0.2) is 5.92 Å². The molecule has 92 valence electrons. The molecule has 5 nitrogen and oxygen atoms in total. The molecule has 0 aliphatic heterocycles. The van der Waals surface area contributed by atoms with Crippen LogP contribution in [0.4, 0.5) is 0 Å². The Balaban J connectivity index is 4.72. The molecule has 0 saturated carbocycles. The van der Waals surface area contributed by atoms with Crippen LogP contribution in [-0.4, -0.2) is 28.7 Å². The van der Waals surface area contributed by atoms with Crippen molar-refractivity contribution in [2.24, 2.45) is 11.7 Å². The number of rotatable bonds is 5. The number of carbonyl (C=O) groups excluding carboxylic acids is 1. The maximum Gasteiger partial charge on any atom is 0.322 e. The third-order valence-corrected chi connectivity index (χ3v) is 1.79. The van der Waals surface area contributed by atoms with Gasteiger partial charge in [0.05, 0.1) is 0 Å². The van der Waals surface area contributed by atoms with Crippen molar-refractivity contribution in [2.45, 2.75) is 38.8 Å². The summed E-state index contributed by atoms with van der Waals surface area (Å²) in [5.41, 5.74) is 4.87. The van der Waals surface area contributed by atoms with Crippen molar-refractivity contribution in [1.29, 1.82) is 0 Å². The van der Waals surface area contributed by atoms with Gasteiger partial charge in [0.2, 0.25) is 0 Å². The second kappa shape index (κ2) is 5.65. The number of carbonyl (C=O) groups is 2. The number of ether oxygens (including phenoxy) is 1. The van der Waals surface area contributed by atoms with Crippen LogP contribution in [0.1, 0.15) is 27.2 Å². The number of esters is 1. The molecule has 16 heavy (non-hydrogen) atoms. The Morgan fingerprint density at radius 2 is 2.00 bits per heavy atom. The molecular formula is C11H19NO4. The molecule has 0 aromatic heterocycles. The van der Waals surface area contributed by atoms with E-state index in [-0.39, 0.29) is 6.42 Å². The molecule has 0 spiro atoms. The number of carboxylic acids is 1. The van der Waals surface area contributed by atoms with Crippen LogP contribution in [0, 0.1) is 5.92 Å². The number of hydrogen-bond acceptors (Lipinski definition) is 4. The van der Waals surface area contributed by atoms with Crippen molar-refractivity contribution in [3.63, 3.8) is 0 Å². The Kier molecular flexibility index (Phi) is 5.17. The minimum absolute atomic E-state index is 0.246. The largest absolute Gasteiger partial charge is 0.481 e. The Morgan fingerprint density at radius 1 is 1.50 bits per heavy atom. The summed E-state index contributed by atoms with van der Waals surface area (Å²) in [6.07, 6.45) is 1.72. The molecule has 0 aromatic carbocycles. The highest BCUT2D eigenvalue weighted by molar-refractivity contribution is 5.95. The van der Waals surface area contributed by atoms with Gasteiger partial charge in [0.25, 0.3) is 0 Å². The van der Waals surface area contributed by atoms with Crippen molar-refractivity contribution >= 4 is 11.9 Å².